The van der Waals surface area contributed by atoms with E-state index in [4.69, 9.17) is 4.74 Å². The van der Waals surface area contributed by atoms with Crippen LogP contribution in [0.3, 0.4) is 0 Å². The van der Waals surface area contributed by atoms with Gasteiger partial charge in [-0.2, -0.15) is 0 Å². The van der Waals surface area contributed by atoms with Crippen LogP contribution in [0.1, 0.15) is 19.4 Å². The Balaban J connectivity index is 2.53. The highest BCUT2D eigenvalue weighted by atomic mass is 16.5. The topological polar surface area (TPSA) is 9.23 Å². The van der Waals surface area contributed by atoms with Crippen molar-refractivity contribution in [3.8, 4) is 0 Å². The predicted octanol–water partition coefficient (Wildman–Crippen LogP) is 4.84. The molecule has 0 bridgehead atoms. The number of hydrogen-bond donors (Lipinski definition) is 0. The Morgan fingerprint density at radius 2 is 2.00 bits per heavy atom. The molecule has 0 N–H and O–H groups in total. The fourth-order valence-corrected chi connectivity index (χ4v) is 1.71. The van der Waals surface area contributed by atoms with Crippen molar-refractivity contribution in [3.05, 3.63) is 84.0 Å². The van der Waals surface area contributed by atoms with Gasteiger partial charge >= 0.3 is 0 Å². The predicted molar refractivity (Wildman–Crippen MR) is 82.9 cm³/mol. The molecular weight excluding hydrogens is 232 g/mol. The molecule has 0 aliphatic heterocycles. The Hall–Kier alpha value is -1.86. The van der Waals surface area contributed by atoms with Gasteiger partial charge in [-0.25, -0.2) is 0 Å². The van der Waals surface area contributed by atoms with E-state index < -0.39 is 0 Å². The second-order valence-corrected chi connectivity index (χ2v) is 4.25. The third-order valence-electron chi connectivity index (χ3n) is 2.70. The van der Waals surface area contributed by atoms with Gasteiger partial charge in [-0.05, 0) is 30.6 Å². The van der Waals surface area contributed by atoms with Crippen LogP contribution in [0.4, 0.5) is 0 Å². The van der Waals surface area contributed by atoms with E-state index in [1.807, 2.05) is 37.3 Å². The first-order chi connectivity index (χ1) is 9.27. The minimum Gasteiger partial charge on any atom is -0.373 e. The first-order valence-electron chi connectivity index (χ1n) is 6.52. The molecule has 0 saturated carbocycles. The molecule has 0 amide bonds. The van der Waals surface area contributed by atoms with Gasteiger partial charge in [-0.1, -0.05) is 67.3 Å². The smallest absolute Gasteiger partial charge is 0.0721 e. The lowest BCUT2D eigenvalue weighted by Gasteiger charge is -2.04. The third-order valence-corrected chi connectivity index (χ3v) is 2.70. The Morgan fingerprint density at radius 3 is 2.63 bits per heavy atom. The summed E-state index contributed by atoms with van der Waals surface area (Å²) in [5, 5.41) is 0. The van der Waals surface area contributed by atoms with Gasteiger partial charge in [0.15, 0.2) is 0 Å². The van der Waals surface area contributed by atoms with Crippen LogP contribution in [0.2, 0.25) is 0 Å². The minimum atomic E-state index is 0.608. The molecule has 1 heteroatoms. The molecular formula is C18H22O. The van der Waals surface area contributed by atoms with Crippen molar-refractivity contribution < 1.29 is 4.74 Å². The molecule has 0 fully saturated rings. The summed E-state index contributed by atoms with van der Waals surface area (Å²) >= 11 is 0. The van der Waals surface area contributed by atoms with E-state index in [0.29, 0.717) is 13.2 Å². The summed E-state index contributed by atoms with van der Waals surface area (Å²) in [5.74, 6) is 0. The average Bonchev–Trinajstić information content (AvgIpc) is 2.43. The molecule has 0 aromatic heterocycles. The van der Waals surface area contributed by atoms with Gasteiger partial charge in [0, 0.05) is 0 Å². The van der Waals surface area contributed by atoms with Crippen molar-refractivity contribution in [2.75, 3.05) is 6.61 Å². The molecule has 0 saturated heterocycles. The average molecular weight is 254 g/mol. The summed E-state index contributed by atoms with van der Waals surface area (Å²) < 4.78 is 5.66. The summed E-state index contributed by atoms with van der Waals surface area (Å²) in [6.07, 6.45) is 10.0. The van der Waals surface area contributed by atoms with E-state index in [9.17, 15) is 0 Å². The number of hydrogen-bond acceptors (Lipinski definition) is 1. The maximum atomic E-state index is 5.66. The van der Waals surface area contributed by atoms with Crippen molar-refractivity contribution in [2.45, 2.75) is 20.5 Å². The minimum absolute atomic E-state index is 0.608. The van der Waals surface area contributed by atoms with Crippen LogP contribution >= 0.6 is 0 Å². The number of benzene rings is 1. The van der Waals surface area contributed by atoms with E-state index >= 15 is 0 Å². The number of allylic oxidation sites excluding steroid dienone is 6. The van der Waals surface area contributed by atoms with Crippen molar-refractivity contribution in [1.82, 2.24) is 0 Å². The van der Waals surface area contributed by atoms with Crippen LogP contribution in [-0.4, -0.2) is 6.61 Å². The molecule has 1 aromatic rings. The van der Waals surface area contributed by atoms with Gasteiger partial charge in [0.2, 0.25) is 0 Å². The molecule has 19 heavy (non-hydrogen) atoms. The van der Waals surface area contributed by atoms with Crippen LogP contribution in [0.5, 0.6) is 0 Å². The number of rotatable bonds is 7. The monoisotopic (exact) mass is 254 g/mol. The van der Waals surface area contributed by atoms with E-state index in [0.717, 1.165) is 0 Å². The molecule has 0 spiro atoms. The van der Waals surface area contributed by atoms with Gasteiger partial charge < -0.3 is 4.74 Å². The Labute approximate surface area is 116 Å². The molecule has 0 heterocycles. The molecule has 0 aliphatic carbocycles. The highest BCUT2D eigenvalue weighted by Gasteiger charge is 1.95. The summed E-state index contributed by atoms with van der Waals surface area (Å²) in [4.78, 5) is 0. The van der Waals surface area contributed by atoms with Crippen molar-refractivity contribution >= 4 is 0 Å². The van der Waals surface area contributed by atoms with Gasteiger partial charge in [0.25, 0.3) is 0 Å². The van der Waals surface area contributed by atoms with Crippen molar-refractivity contribution in [3.63, 3.8) is 0 Å². The van der Waals surface area contributed by atoms with Crippen molar-refractivity contribution in [2.24, 2.45) is 0 Å². The molecule has 1 nitrogen and oxygen atoms in total. The number of ether oxygens (including phenoxy) is 1. The Kier molecular flexibility index (Phi) is 7.30. The molecule has 0 radical (unpaired) electrons. The SMILES string of the molecule is C=C\C=C(C)/C(/C=C\C)=C\COCc1ccccc1. The lowest BCUT2D eigenvalue weighted by atomic mass is 10.1. The van der Waals surface area contributed by atoms with Crippen LogP contribution in [-0.2, 0) is 11.3 Å². The third kappa shape index (κ3) is 6.03. The summed E-state index contributed by atoms with van der Waals surface area (Å²) in [5.41, 5.74) is 3.56. The molecule has 1 rings (SSSR count). The molecule has 0 aliphatic rings. The normalized spacial score (nSPS) is 12.9. The molecule has 1 aromatic carbocycles. The first-order valence-corrected chi connectivity index (χ1v) is 6.52. The Morgan fingerprint density at radius 1 is 1.26 bits per heavy atom. The Bertz CT molecular complexity index is 464. The fourth-order valence-electron chi connectivity index (χ4n) is 1.71. The molecule has 0 atom stereocenters. The second-order valence-electron chi connectivity index (χ2n) is 4.25. The zero-order chi connectivity index (χ0) is 13.9. The van der Waals surface area contributed by atoms with E-state index in [2.05, 4.69) is 37.8 Å². The van der Waals surface area contributed by atoms with E-state index in [1.54, 1.807) is 6.08 Å². The van der Waals surface area contributed by atoms with Gasteiger partial charge in [0.1, 0.15) is 0 Å². The van der Waals surface area contributed by atoms with Crippen LogP contribution in [0.15, 0.2) is 78.4 Å². The second kappa shape index (κ2) is 9.12. The van der Waals surface area contributed by atoms with Crippen molar-refractivity contribution in [1.29, 1.82) is 0 Å². The first kappa shape index (κ1) is 15.2. The zero-order valence-electron chi connectivity index (χ0n) is 11.8. The zero-order valence-corrected chi connectivity index (χ0v) is 11.8. The van der Waals surface area contributed by atoms with Crippen LogP contribution in [0.25, 0.3) is 0 Å². The van der Waals surface area contributed by atoms with Gasteiger partial charge in [-0.15, -0.1) is 0 Å². The van der Waals surface area contributed by atoms with Gasteiger partial charge in [0.05, 0.1) is 13.2 Å². The molecule has 0 unspecified atom stereocenters. The summed E-state index contributed by atoms with van der Waals surface area (Å²) in [6, 6.07) is 10.2. The van der Waals surface area contributed by atoms with Crippen LogP contribution < -0.4 is 0 Å². The fraction of sp³-hybridized carbons (Fsp3) is 0.222. The summed E-state index contributed by atoms with van der Waals surface area (Å²) in [7, 11) is 0. The largest absolute Gasteiger partial charge is 0.373 e. The highest BCUT2D eigenvalue weighted by molar-refractivity contribution is 5.39. The maximum absolute atomic E-state index is 5.66. The summed E-state index contributed by atoms with van der Waals surface area (Å²) in [6.45, 7) is 9.06. The molecule has 100 valence electrons. The quantitative estimate of drug-likeness (QED) is 0.500. The maximum Gasteiger partial charge on any atom is 0.0721 e. The lowest BCUT2D eigenvalue weighted by Crippen LogP contribution is -1.94. The lowest BCUT2D eigenvalue weighted by molar-refractivity contribution is 0.148. The van der Waals surface area contributed by atoms with Gasteiger partial charge in [-0.3, -0.25) is 0 Å². The van der Waals surface area contributed by atoms with E-state index in [1.165, 1.54) is 16.7 Å². The highest BCUT2D eigenvalue weighted by Crippen LogP contribution is 2.11. The van der Waals surface area contributed by atoms with Crippen LogP contribution in [0, 0.1) is 0 Å². The van der Waals surface area contributed by atoms with E-state index in [-0.39, 0.29) is 0 Å². The standard InChI is InChI=1S/C18H22O/c1-4-9-16(3)18(10-5-2)13-14-19-15-17-11-7-6-8-12-17/h4-13H,1,14-15H2,2-3H3/b10-5-,16-9-,18-13-.